The van der Waals surface area contributed by atoms with E-state index in [4.69, 9.17) is 0 Å². The fourth-order valence-electron chi connectivity index (χ4n) is 3.85. The molecule has 0 bridgehead atoms. The number of fused-ring (bicyclic) bond motifs is 3. The van der Waals surface area contributed by atoms with E-state index < -0.39 is 0 Å². The number of carbonyl (C=O) groups excluding carboxylic acids is 1. The van der Waals surface area contributed by atoms with Gasteiger partial charge in [0.15, 0.2) is 0 Å². The van der Waals surface area contributed by atoms with Crippen LogP contribution in [0.2, 0.25) is 0 Å². The summed E-state index contributed by atoms with van der Waals surface area (Å²) in [6.45, 7) is 6.13. The van der Waals surface area contributed by atoms with E-state index in [1.807, 2.05) is 29.2 Å². The summed E-state index contributed by atoms with van der Waals surface area (Å²) in [6.07, 6.45) is 2.99. The third-order valence-electron chi connectivity index (χ3n) is 4.75. The predicted molar refractivity (Wildman–Crippen MR) is 92.4 cm³/mol. The van der Waals surface area contributed by atoms with Gasteiger partial charge in [0.2, 0.25) is 0 Å². The van der Waals surface area contributed by atoms with Crippen LogP contribution in [0.15, 0.2) is 36.5 Å². The Kier molecular flexibility index (Phi) is 3.33. The van der Waals surface area contributed by atoms with Crippen LogP contribution in [0.4, 0.5) is 0 Å². The minimum Gasteiger partial charge on any atom is -0.349 e. The van der Waals surface area contributed by atoms with Crippen LogP contribution in [0.3, 0.4) is 0 Å². The first kappa shape index (κ1) is 14.2. The molecule has 4 nitrogen and oxygen atoms in total. The Bertz CT molecular complexity index is 873. The molecule has 1 N–H and O–H groups in total. The first-order valence-electron chi connectivity index (χ1n) is 8.27. The first-order valence-corrected chi connectivity index (χ1v) is 8.27. The second-order valence-corrected chi connectivity index (χ2v) is 6.94. The molecule has 1 amide bonds. The van der Waals surface area contributed by atoms with Gasteiger partial charge in [-0.2, -0.15) is 0 Å². The fraction of sp³-hybridized carbons (Fsp3) is 0.368. The quantitative estimate of drug-likeness (QED) is 0.742. The third kappa shape index (κ3) is 2.48. The van der Waals surface area contributed by atoms with E-state index in [0.717, 1.165) is 34.9 Å². The summed E-state index contributed by atoms with van der Waals surface area (Å²) < 4.78 is 0. The molecule has 118 valence electrons. The number of piperidine rings is 1. The summed E-state index contributed by atoms with van der Waals surface area (Å²) >= 11 is 0. The van der Waals surface area contributed by atoms with Gasteiger partial charge >= 0.3 is 0 Å². The molecule has 2 atom stereocenters. The van der Waals surface area contributed by atoms with Crippen LogP contribution in [0.1, 0.15) is 30.8 Å². The van der Waals surface area contributed by atoms with Gasteiger partial charge in [0.05, 0.1) is 11.0 Å². The lowest BCUT2D eigenvalue weighted by atomic mass is 9.92. The van der Waals surface area contributed by atoms with Crippen molar-refractivity contribution in [1.82, 2.24) is 14.9 Å². The topological polar surface area (TPSA) is 49.0 Å². The van der Waals surface area contributed by atoms with E-state index in [9.17, 15) is 4.79 Å². The smallest absolute Gasteiger partial charge is 0.270 e. The van der Waals surface area contributed by atoms with Gasteiger partial charge < -0.3 is 9.88 Å². The zero-order valence-corrected chi connectivity index (χ0v) is 13.5. The van der Waals surface area contributed by atoms with Crippen molar-refractivity contribution >= 4 is 27.7 Å². The number of aromatic nitrogens is 2. The molecule has 0 unspecified atom stereocenters. The first-order chi connectivity index (χ1) is 11.1. The lowest BCUT2D eigenvalue weighted by molar-refractivity contribution is 0.0618. The highest BCUT2D eigenvalue weighted by Crippen LogP contribution is 2.26. The minimum absolute atomic E-state index is 0.101. The van der Waals surface area contributed by atoms with Crippen molar-refractivity contribution in [2.45, 2.75) is 20.3 Å². The highest BCUT2D eigenvalue weighted by molar-refractivity contribution is 6.07. The van der Waals surface area contributed by atoms with E-state index in [-0.39, 0.29) is 5.91 Å². The van der Waals surface area contributed by atoms with E-state index in [2.05, 4.69) is 29.9 Å². The molecule has 3 heterocycles. The molecule has 0 radical (unpaired) electrons. The summed E-state index contributed by atoms with van der Waals surface area (Å²) in [5.74, 6) is 1.23. The second kappa shape index (κ2) is 5.37. The van der Waals surface area contributed by atoms with Crippen LogP contribution in [0.25, 0.3) is 21.8 Å². The number of hydrogen-bond acceptors (Lipinski definition) is 2. The van der Waals surface area contributed by atoms with Crippen molar-refractivity contribution in [2.24, 2.45) is 11.8 Å². The zero-order valence-electron chi connectivity index (χ0n) is 13.5. The Balaban J connectivity index is 1.74. The summed E-state index contributed by atoms with van der Waals surface area (Å²) in [4.78, 5) is 22.6. The van der Waals surface area contributed by atoms with Crippen molar-refractivity contribution in [3.05, 3.63) is 42.2 Å². The van der Waals surface area contributed by atoms with Crippen molar-refractivity contribution in [3.8, 4) is 0 Å². The van der Waals surface area contributed by atoms with E-state index >= 15 is 0 Å². The van der Waals surface area contributed by atoms with E-state index in [1.54, 1.807) is 6.20 Å². The van der Waals surface area contributed by atoms with Gasteiger partial charge in [-0.25, -0.2) is 0 Å². The molecule has 1 aliphatic rings. The predicted octanol–water partition coefficient (Wildman–Crippen LogP) is 3.83. The lowest BCUT2D eigenvalue weighted by Gasteiger charge is -2.34. The largest absolute Gasteiger partial charge is 0.349 e. The molecule has 2 aromatic heterocycles. The van der Waals surface area contributed by atoms with Crippen molar-refractivity contribution in [1.29, 1.82) is 0 Å². The Morgan fingerprint density at radius 2 is 1.91 bits per heavy atom. The zero-order chi connectivity index (χ0) is 16.0. The van der Waals surface area contributed by atoms with Gasteiger partial charge in [0, 0.05) is 30.1 Å². The molecule has 4 heteroatoms. The van der Waals surface area contributed by atoms with Crippen LogP contribution in [-0.4, -0.2) is 33.9 Å². The SMILES string of the molecule is C[C@@H]1C[C@@H](C)CN(C(=O)c2cc3ccc4cccnc4c3[nH]2)C1. The average Bonchev–Trinajstić information content (AvgIpc) is 2.98. The number of nitrogens with zero attached hydrogens (tertiary/aromatic N) is 2. The van der Waals surface area contributed by atoms with Crippen molar-refractivity contribution in [3.63, 3.8) is 0 Å². The summed E-state index contributed by atoms with van der Waals surface area (Å²) in [5.41, 5.74) is 2.54. The van der Waals surface area contributed by atoms with Crippen LogP contribution >= 0.6 is 0 Å². The molecular formula is C19H21N3O. The van der Waals surface area contributed by atoms with Crippen LogP contribution in [0.5, 0.6) is 0 Å². The maximum absolute atomic E-state index is 12.9. The minimum atomic E-state index is 0.101. The molecule has 0 spiro atoms. The number of aromatic amines is 1. The number of rotatable bonds is 1. The van der Waals surface area contributed by atoms with Gasteiger partial charge in [0.25, 0.3) is 5.91 Å². The third-order valence-corrected chi connectivity index (χ3v) is 4.75. The van der Waals surface area contributed by atoms with Gasteiger partial charge in [-0.05, 0) is 30.4 Å². The van der Waals surface area contributed by atoms with E-state index in [0.29, 0.717) is 17.5 Å². The number of hydrogen-bond donors (Lipinski definition) is 1. The van der Waals surface area contributed by atoms with Crippen molar-refractivity contribution in [2.75, 3.05) is 13.1 Å². The number of benzene rings is 1. The number of pyridine rings is 1. The van der Waals surface area contributed by atoms with Crippen LogP contribution in [0, 0.1) is 11.8 Å². The van der Waals surface area contributed by atoms with Gasteiger partial charge in [0.1, 0.15) is 5.69 Å². The molecule has 0 saturated carbocycles. The molecule has 4 rings (SSSR count). The molecule has 1 fully saturated rings. The monoisotopic (exact) mass is 307 g/mol. The Labute approximate surface area is 135 Å². The number of nitrogens with one attached hydrogen (secondary N) is 1. The lowest BCUT2D eigenvalue weighted by Crippen LogP contribution is -2.42. The molecule has 1 aromatic carbocycles. The van der Waals surface area contributed by atoms with Crippen LogP contribution < -0.4 is 0 Å². The maximum Gasteiger partial charge on any atom is 0.270 e. The molecule has 3 aromatic rings. The average molecular weight is 307 g/mol. The summed E-state index contributed by atoms with van der Waals surface area (Å²) in [7, 11) is 0. The van der Waals surface area contributed by atoms with Gasteiger partial charge in [-0.3, -0.25) is 9.78 Å². The number of carbonyl (C=O) groups is 1. The summed E-state index contributed by atoms with van der Waals surface area (Å²) in [5, 5.41) is 2.12. The molecule has 23 heavy (non-hydrogen) atoms. The number of H-pyrrole nitrogens is 1. The van der Waals surface area contributed by atoms with Gasteiger partial charge in [-0.1, -0.05) is 32.0 Å². The van der Waals surface area contributed by atoms with Crippen LogP contribution in [-0.2, 0) is 0 Å². The van der Waals surface area contributed by atoms with Gasteiger partial charge in [-0.15, -0.1) is 0 Å². The molecule has 1 aliphatic heterocycles. The Morgan fingerprint density at radius 3 is 2.70 bits per heavy atom. The van der Waals surface area contributed by atoms with E-state index in [1.165, 1.54) is 6.42 Å². The van der Waals surface area contributed by atoms with Crippen molar-refractivity contribution < 1.29 is 4.79 Å². The maximum atomic E-state index is 12.9. The second-order valence-electron chi connectivity index (χ2n) is 6.94. The highest BCUT2D eigenvalue weighted by atomic mass is 16.2. The summed E-state index contributed by atoms with van der Waals surface area (Å²) in [6, 6.07) is 10.0. The molecule has 0 aliphatic carbocycles. The number of likely N-dealkylation sites (tertiary alicyclic amines) is 1. The highest BCUT2D eigenvalue weighted by Gasteiger charge is 2.27. The fourth-order valence-corrected chi connectivity index (χ4v) is 3.85. The molecule has 1 saturated heterocycles. The number of amides is 1. The molecular weight excluding hydrogens is 286 g/mol. The standard InChI is InChI=1S/C19H21N3O/c1-12-8-13(2)11-22(10-12)19(23)16-9-15-6-5-14-4-3-7-20-17(14)18(15)21-16/h3-7,9,12-13,21H,8,10-11H2,1-2H3/t12-,13-/m1/s1. The Morgan fingerprint density at radius 1 is 1.17 bits per heavy atom. The normalized spacial score (nSPS) is 21.9. The Hall–Kier alpha value is -2.36.